The molecule has 0 atom stereocenters. The van der Waals surface area contributed by atoms with Gasteiger partial charge in [0.1, 0.15) is 10.7 Å². The van der Waals surface area contributed by atoms with Crippen molar-refractivity contribution in [3.63, 3.8) is 0 Å². The van der Waals surface area contributed by atoms with Crippen LogP contribution in [0.4, 0.5) is 5.82 Å². The number of pyridine rings is 1. The lowest BCUT2D eigenvalue weighted by molar-refractivity contribution is 0.581. The summed E-state index contributed by atoms with van der Waals surface area (Å²) in [6.45, 7) is 2.36. The van der Waals surface area contributed by atoms with Crippen molar-refractivity contribution in [2.24, 2.45) is 0 Å². The Morgan fingerprint density at radius 3 is 2.58 bits per heavy atom. The number of aromatic nitrogens is 1. The lowest BCUT2D eigenvalue weighted by atomic mass is 10.4. The van der Waals surface area contributed by atoms with Gasteiger partial charge in [0.25, 0.3) is 0 Å². The smallest absolute Gasteiger partial charge is 0.242 e. The highest BCUT2D eigenvalue weighted by atomic mass is 32.2. The van der Waals surface area contributed by atoms with Crippen molar-refractivity contribution in [3.8, 4) is 0 Å². The molecule has 3 N–H and O–H groups in total. The molecule has 0 aliphatic carbocycles. The Bertz CT molecular complexity index is 648. The fourth-order valence-electron chi connectivity index (χ4n) is 1.51. The van der Waals surface area contributed by atoms with Gasteiger partial charge in [-0.3, -0.25) is 0 Å². The van der Waals surface area contributed by atoms with Gasteiger partial charge in [0.2, 0.25) is 10.0 Å². The lowest BCUT2D eigenvalue weighted by Gasteiger charge is -2.05. The first-order chi connectivity index (χ1) is 9.01. The summed E-state index contributed by atoms with van der Waals surface area (Å²) in [5, 5.41) is 0. The van der Waals surface area contributed by atoms with E-state index in [9.17, 15) is 8.42 Å². The molecule has 0 unspecified atom stereocenters. The minimum absolute atomic E-state index is 0.119. The summed E-state index contributed by atoms with van der Waals surface area (Å²) in [6.07, 6.45) is 2.21. The zero-order valence-corrected chi connectivity index (χ0v) is 12.1. The van der Waals surface area contributed by atoms with Crippen LogP contribution >= 0.6 is 11.3 Å². The summed E-state index contributed by atoms with van der Waals surface area (Å²) < 4.78 is 26.6. The predicted octanol–water partition coefficient (Wildman–Crippen LogP) is 1.77. The van der Waals surface area contributed by atoms with Gasteiger partial charge < -0.3 is 5.73 Å². The third-order valence-corrected chi connectivity index (χ3v) is 5.19. The maximum atomic E-state index is 12.0. The molecule has 7 heteroatoms. The lowest BCUT2D eigenvalue weighted by Crippen LogP contribution is -2.22. The number of hydrogen-bond acceptors (Lipinski definition) is 5. The van der Waals surface area contributed by atoms with Gasteiger partial charge in [0.15, 0.2) is 0 Å². The van der Waals surface area contributed by atoms with Crippen molar-refractivity contribution < 1.29 is 8.42 Å². The molecule has 2 aromatic heterocycles. The Kier molecular flexibility index (Phi) is 4.18. The molecule has 0 saturated heterocycles. The van der Waals surface area contributed by atoms with E-state index in [1.807, 2.05) is 12.1 Å². The second kappa shape index (κ2) is 5.68. The Morgan fingerprint density at radius 2 is 2.00 bits per heavy atom. The van der Waals surface area contributed by atoms with Gasteiger partial charge in [-0.25, -0.2) is 18.1 Å². The highest BCUT2D eigenvalue weighted by Crippen LogP contribution is 2.17. The van der Waals surface area contributed by atoms with Gasteiger partial charge in [0.05, 0.1) is 0 Å². The van der Waals surface area contributed by atoms with Crippen molar-refractivity contribution >= 4 is 27.2 Å². The van der Waals surface area contributed by atoms with Gasteiger partial charge in [-0.2, -0.15) is 0 Å². The normalized spacial score (nSPS) is 11.6. The van der Waals surface area contributed by atoms with Crippen LogP contribution in [-0.2, 0) is 23.0 Å². The first kappa shape index (κ1) is 14.0. The van der Waals surface area contributed by atoms with E-state index in [0.717, 1.165) is 11.3 Å². The molecule has 0 aliphatic heterocycles. The van der Waals surface area contributed by atoms with E-state index >= 15 is 0 Å². The van der Waals surface area contributed by atoms with Crippen molar-refractivity contribution in [1.29, 1.82) is 0 Å². The number of nitrogens with two attached hydrogens (primary N) is 1. The number of thiophene rings is 1. The van der Waals surface area contributed by atoms with Crippen molar-refractivity contribution in [1.82, 2.24) is 9.71 Å². The molecule has 2 rings (SSSR count). The number of sulfonamides is 1. The number of anilines is 1. The topological polar surface area (TPSA) is 85.1 Å². The average molecular weight is 297 g/mol. The van der Waals surface area contributed by atoms with Gasteiger partial charge >= 0.3 is 0 Å². The standard InChI is InChI=1S/C12H15N3O2S2/c1-2-9-3-4-10(18-9)7-15-19(16,17)11-5-6-12(13)14-8-11/h3-6,8,15H,2,7H2,1H3,(H2,13,14). The molecule has 19 heavy (non-hydrogen) atoms. The number of nitrogens with one attached hydrogen (secondary N) is 1. The second-order valence-electron chi connectivity index (χ2n) is 3.96. The first-order valence-electron chi connectivity index (χ1n) is 5.80. The summed E-state index contributed by atoms with van der Waals surface area (Å²) in [6, 6.07) is 6.86. The van der Waals surface area contributed by atoms with Crippen molar-refractivity contribution in [3.05, 3.63) is 40.2 Å². The molecule has 0 aromatic carbocycles. The fraction of sp³-hybridized carbons (Fsp3) is 0.250. The molecule has 0 aliphatic rings. The monoisotopic (exact) mass is 297 g/mol. The Balaban J connectivity index is 2.07. The van der Waals surface area contributed by atoms with Crippen LogP contribution in [-0.4, -0.2) is 13.4 Å². The molecule has 0 radical (unpaired) electrons. The molecule has 0 amide bonds. The summed E-state index contributed by atoms with van der Waals surface area (Å²) in [7, 11) is -3.53. The molecule has 0 bridgehead atoms. The van der Waals surface area contributed by atoms with Crippen molar-refractivity contribution in [2.75, 3.05) is 5.73 Å². The molecular formula is C12H15N3O2S2. The third-order valence-electron chi connectivity index (χ3n) is 2.57. The average Bonchev–Trinajstić information content (AvgIpc) is 2.85. The molecule has 0 spiro atoms. The SMILES string of the molecule is CCc1ccc(CNS(=O)(=O)c2ccc(N)nc2)s1. The maximum absolute atomic E-state index is 12.0. The highest BCUT2D eigenvalue weighted by Gasteiger charge is 2.14. The van der Waals surface area contributed by atoms with Crippen LogP contribution in [0.3, 0.4) is 0 Å². The van der Waals surface area contributed by atoms with Gasteiger partial charge in [-0.05, 0) is 30.7 Å². The Hall–Kier alpha value is -1.44. The summed E-state index contributed by atoms with van der Waals surface area (Å²) >= 11 is 1.61. The Morgan fingerprint density at radius 1 is 1.26 bits per heavy atom. The minimum Gasteiger partial charge on any atom is -0.384 e. The van der Waals surface area contributed by atoms with Crippen LogP contribution in [0, 0.1) is 0 Å². The van der Waals surface area contributed by atoms with E-state index < -0.39 is 10.0 Å². The zero-order valence-electron chi connectivity index (χ0n) is 10.5. The molecule has 5 nitrogen and oxygen atoms in total. The zero-order chi connectivity index (χ0) is 13.9. The van der Waals surface area contributed by atoms with Gasteiger partial charge in [-0.15, -0.1) is 11.3 Å². The summed E-state index contributed by atoms with van der Waals surface area (Å²) in [4.78, 5) is 6.13. The molecule has 102 valence electrons. The van der Waals surface area contributed by atoms with E-state index in [2.05, 4.69) is 16.6 Å². The summed E-state index contributed by atoms with van der Waals surface area (Å²) in [5.74, 6) is 0.296. The van der Waals surface area contributed by atoms with Crippen LogP contribution < -0.4 is 10.5 Å². The van der Waals surface area contributed by atoms with E-state index in [4.69, 9.17) is 5.73 Å². The third kappa shape index (κ3) is 3.52. The number of hydrogen-bond donors (Lipinski definition) is 2. The van der Waals surface area contributed by atoms with E-state index in [1.165, 1.54) is 23.2 Å². The predicted molar refractivity (Wildman–Crippen MR) is 76.4 cm³/mol. The molecule has 2 aromatic rings. The van der Waals surface area contributed by atoms with Crippen LogP contribution in [0.5, 0.6) is 0 Å². The molecule has 0 fully saturated rings. The molecule has 2 heterocycles. The van der Waals surface area contributed by atoms with Gasteiger partial charge in [0, 0.05) is 22.5 Å². The van der Waals surface area contributed by atoms with Crippen LogP contribution in [0.15, 0.2) is 35.4 Å². The quantitative estimate of drug-likeness (QED) is 0.880. The maximum Gasteiger partial charge on any atom is 0.242 e. The van der Waals surface area contributed by atoms with Crippen LogP contribution in [0.2, 0.25) is 0 Å². The number of nitrogen functional groups attached to an aromatic ring is 1. The largest absolute Gasteiger partial charge is 0.384 e. The van der Waals surface area contributed by atoms with Crippen molar-refractivity contribution in [2.45, 2.75) is 24.8 Å². The van der Waals surface area contributed by atoms with Crippen LogP contribution in [0.1, 0.15) is 16.7 Å². The Labute approximate surface area is 116 Å². The highest BCUT2D eigenvalue weighted by molar-refractivity contribution is 7.89. The molecular weight excluding hydrogens is 282 g/mol. The van der Waals surface area contributed by atoms with E-state index in [0.29, 0.717) is 5.82 Å². The second-order valence-corrected chi connectivity index (χ2v) is 6.98. The number of nitrogens with zero attached hydrogens (tertiary/aromatic N) is 1. The van der Waals surface area contributed by atoms with E-state index in [1.54, 1.807) is 11.3 Å². The fourth-order valence-corrected chi connectivity index (χ4v) is 3.45. The van der Waals surface area contributed by atoms with Crippen LogP contribution in [0.25, 0.3) is 0 Å². The van der Waals surface area contributed by atoms with E-state index in [-0.39, 0.29) is 11.4 Å². The summed E-state index contributed by atoms with van der Waals surface area (Å²) in [5.41, 5.74) is 5.43. The molecule has 0 saturated carbocycles. The first-order valence-corrected chi connectivity index (χ1v) is 8.10. The minimum atomic E-state index is -3.53. The number of rotatable bonds is 5. The number of aryl methyl sites for hydroxylation is 1. The van der Waals surface area contributed by atoms with Gasteiger partial charge in [-0.1, -0.05) is 6.92 Å².